The lowest BCUT2D eigenvalue weighted by Gasteiger charge is -2.26. The predicted octanol–water partition coefficient (Wildman–Crippen LogP) is 2.49. The Kier molecular flexibility index (Phi) is 5.17. The summed E-state index contributed by atoms with van der Waals surface area (Å²) in [6, 6.07) is 3.22. The van der Waals surface area contributed by atoms with E-state index in [0.29, 0.717) is 23.3 Å². The summed E-state index contributed by atoms with van der Waals surface area (Å²) >= 11 is 5.97. The molecule has 1 aliphatic rings. The van der Waals surface area contributed by atoms with Crippen LogP contribution < -0.4 is 10.5 Å². The lowest BCUT2D eigenvalue weighted by Crippen LogP contribution is -2.31. The maximum Gasteiger partial charge on any atom is 0.250 e. The van der Waals surface area contributed by atoms with E-state index in [1.165, 1.54) is 12.8 Å². The van der Waals surface area contributed by atoms with Crippen LogP contribution in [0.4, 0.5) is 0 Å². The Morgan fingerprint density at radius 2 is 2.25 bits per heavy atom. The summed E-state index contributed by atoms with van der Waals surface area (Å²) in [6.45, 7) is 2.75. The summed E-state index contributed by atoms with van der Waals surface area (Å²) in [4.78, 5) is 0.865. The number of sulfonamides is 1. The number of nitrogens with two attached hydrogens (primary N) is 1. The van der Waals surface area contributed by atoms with Gasteiger partial charge in [0.25, 0.3) is 0 Å². The van der Waals surface area contributed by atoms with Crippen molar-refractivity contribution in [2.75, 3.05) is 6.54 Å². The Bertz CT molecular complexity index is 580. The minimum absolute atomic E-state index is 0.234. The van der Waals surface area contributed by atoms with Crippen molar-refractivity contribution in [1.29, 1.82) is 0 Å². The minimum Gasteiger partial charge on any atom is -0.389 e. The molecule has 2 rings (SSSR count). The smallest absolute Gasteiger partial charge is 0.250 e. The van der Waals surface area contributed by atoms with Crippen LogP contribution in [0.25, 0.3) is 0 Å². The Balaban J connectivity index is 1.98. The van der Waals surface area contributed by atoms with Crippen LogP contribution in [0.1, 0.15) is 37.5 Å². The van der Waals surface area contributed by atoms with Gasteiger partial charge in [-0.2, -0.15) is 0 Å². The third-order valence-corrected chi connectivity index (χ3v) is 7.08. The Labute approximate surface area is 129 Å². The highest BCUT2D eigenvalue weighted by Crippen LogP contribution is 2.28. The average Bonchev–Trinajstić information content (AvgIpc) is 2.87. The molecule has 1 fully saturated rings. The molecule has 0 aliphatic heterocycles. The van der Waals surface area contributed by atoms with Gasteiger partial charge in [-0.3, -0.25) is 0 Å². The largest absolute Gasteiger partial charge is 0.389 e. The fourth-order valence-electron chi connectivity index (χ4n) is 2.64. The summed E-state index contributed by atoms with van der Waals surface area (Å²) in [7, 11) is -3.44. The number of thiophene rings is 1. The molecule has 7 heteroatoms. The van der Waals surface area contributed by atoms with Gasteiger partial charge in [0.1, 0.15) is 9.20 Å². The van der Waals surface area contributed by atoms with Crippen LogP contribution in [-0.4, -0.2) is 20.0 Å². The molecule has 0 spiro atoms. The normalized spacial score (nSPS) is 23.6. The van der Waals surface area contributed by atoms with E-state index in [1.54, 1.807) is 12.1 Å². The van der Waals surface area contributed by atoms with Crippen molar-refractivity contribution in [2.24, 2.45) is 17.6 Å². The summed E-state index contributed by atoms with van der Waals surface area (Å²) in [5.41, 5.74) is 5.50. The molecule has 1 aliphatic carbocycles. The number of thiocarbonyl (C=S) groups is 1. The predicted molar refractivity (Wildman–Crippen MR) is 86.5 cm³/mol. The van der Waals surface area contributed by atoms with Crippen LogP contribution in [0.3, 0.4) is 0 Å². The molecule has 2 unspecified atom stereocenters. The number of rotatable bonds is 5. The first-order chi connectivity index (χ1) is 9.38. The van der Waals surface area contributed by atoms with Gasteiger partial charge in [0.05, 0.1) is 4.88 Å². The molecule has 0 bridgehead atoms. The van der Waals surface area contributed by atoms with Gasteiger partial charge >= 0.3 is 0 Å². The van der Waals surface area contributed by atoms with Gasteiger partial charge in [0.2, 0.25) is 10.0 Å². The van der Waals surface area contributed by atoms with Crippen molar-refractivity contribution in [3.05, 3.63) is 17.0 Å². The van der Waals surface area contributed by atoms with Gasteiger partial charge in [-0.25, -0.2) is 13.1 Å². The lowest BCUT2D eigenvalue weighted by molar-refractivity contribution is 0.283. The lowest BCUT2D eigenvalue weighted by atomic mass is 9.83. The van der Waals surface area contributed by atoms with Crippen molar-refractivity contribution in [3.63, 3.8) is 0 Å². The van der Waals surface area contributed by atoms with E-state index in [-0.39, 0.29) is 9.20 Å². The Morgan fingerprint density at radius 1 is 1.50 bits per heavy atom. The van der Waals surface area contributed by atoms with E-state index in [4.69, 9.17) is 18.0 Å². The molecule has 1 heterocycles. The molecular formula is C13H20N2O2S3. The van der Waals surface area contributed by atoms with Gasteiger partial charge in [-0.1, -0.05) is 32.0 Å². The molecule has 0 radical (unpaired) electrons. The Hall–Kier alpha value is -0.500. The van der Waals surface area contributed by atoms with Crippen molar-refractivity contribution in [2.45, 2.75) is 36.8 Å². The van der Waals surface area contributed by atoms with Crippen LogP contribution in [0, 0.1) is 11.8 Å². The second-order valence-electron chi connectivity index (χ2n) is 5.47. The second kappa shape index (κ2) is 6.51. The molecule has 0 amide bonds. The van der Waals surface area contributed by atoms with Crippen molar-refractivity contribution in [1.82, 2.24) is 4.72 Å². The van der Waals surface area contributed by atoms with Crippen LogP contribution in [0.15, 0.2) is 16.3 Å². The number of hydrogen-bond acceptors (Lipinski definition) is 4. The second-order valence-corrected chi connectivity index (χ2v) is 8.99. The van der Waals surface area contributed by atoms with Crippen LogP contribution >= 0.6 is 23.6 Å². The van der Waals surface area contributed by atoms with E-state index >= 15 is 0 Å². The molecular weight excluding hydrogens is 312 g/mol. The van der Waals surface area contributed by atoms with E-state index in [2.05, 4.69) is 11.6 Å². The van der Waals surface area contributed by atoms with Crippen LogP contribution in [-0.2, 0) is 10.0 Å². The fourth-order valence-corrected chi connectivity index (χ4v) is 5.15. The summed E-state index contributed by atoms with van der Waals surface area (Å²) in [5.74, 6) is 1.14. The first kappa shape index (κ1) is 15.9. The SMILES string of the molecule is CC1CCCC(CNS(=O)(=O)c2ccc(C(N)=S)s2)C1. The van der Waals surface area contributed by atoms with E-state index in [0.717, 1.165) is 24.2 Å². The van der Waals surface area contributed by atoms with Crippen LogP contribution in [0.2, 0.25) is 0 Å². The minimum atomic E-state index is -3.44. The molecule has 1 aromatic rings. The van der Waals surface area contributed by atoms with Gasteiger partial charge in [-0.15, -0.1) is 11.3 Å². The topological polar surface area (TPSA) is 72.2 Å². The molecule has 1 saturated carbocycles. The van der Waals surface area contributed by atoms with E-state index in [1.807, 2.05) is 0 Å². The molecule has 2 atom stereocenters. The fraction of sp³-hybridized carbons (Fsp3) is 0.615. The summed E-state index contributed by atoms with van der Waals surface area (Å²) in [6.07, 6.45) is 4.66. The maximum absolute atomic E-state index is 12.2. The zero-order valence-corrected chi connectivity index (χ0v) is 13.9. The third-order valence-electron chi connectivity index (χ3n) is 3.70. The number of nitrogens with one attached hydrogen (secondary N) is 1. The van der Waals surface area contributed by atoms with Gasteiger partial charge < -0.3 is 5.73 Å². The zero-order chi connectivity index (χ0) is 14.8. The van der Waals surface area contributed by atoms with E-state index < -0.39 is 10.0 Å². The molecule has 0 saturated heterocycles. The highest BCUT2D eigenvalue weighted by atomic mass is 32.2. The third kappa shape index (κ3) is 4.00. The van der Waals surface area contributed by atoms with Crippen LogP contribution in [0.5, 0.6) is 0 Å². The van der Waals surface area contributed by atoms with Crippen molar-refractivity contribution < 1.29 is 8.42 Å². The Morgan fingerprint density at radius 3 is 2.85 bits per heavy atom. The summed E-state index contributed by atoms with van der Waals surface area (Å²) < 4.78 is 27.4. The highest BCUT2D eigenvalue weighted by molar-refractivity contribution is 7.91. The summed E-state index contributed by atoms with van der Waals surface area (Å²) in [5, 5.41) is 0. The average molecular weight is 333 g/mol. The zero-order valence-electron chi connectivity index (χ0n) is 11.5. The molecule has 20 heavy (non-hydrogen) atoms. The van der Waals surface area contributed by atoms with Gasteiger partial charge in [0, 0.05) is 6.54 Å². The van der Waals surface area contributed by atoms with Crippen molar-refractivity contribution in [3.8, 4) is 0 Å². The van der Waals surface area contributed by atoms with Crippen molar-refractivity contribution >= 4 is 38.6 Å². The molecule has 0 aromatic carbocycles. The van der Waals surface area contributed by atoms with Gasteiger partial charge in [0.15, 0.2) is 0 Å². The quantitative estimate of drug-likeness (QED) is 0.813. The molecule has 3 N–H and O–H groups in total. The highest BCUT2D eigenvalue weighted by Gasteiger charge is 2.22. The molecule has 112 valence electrons. The molecule has 4 nitrogen and oxygen atoms in total. The standard InChI is InChI=1S/C13H20N2O2S3/c1-9-3-2-4-10(7-9)8-15-20(16,17)12-6-5-11(19-12)13(14)18/h5-6,9-10,15H,2-4,7-8H2,1H3,(H2,14,18). The number of hydrogen-bond donors (Lipinski definition) is 2. The van der Waals surface area contributed by atoms with Gasteiger partial charge in [-0.05, 0) is 36.8 Å². The van der Waals surface area contributed by atoms with E-state index in [9.17, 15) is 8.42 Å². The first-order valence-corrected chi connectivity index (χ1v) is 9.48. The maximum atomic E-state index is 12.2. The molecule has 1 aromatic heterocycles. The first-order valence-electron chi connectivity index (χ1n) is 6.78. The monoisotopic (exact) mass is 332 g/mol.